The molecule has 1 saturated heterocycles. The van der Waals surface area contributed by atoms with Crippen LogP contribution >= 0.6 is 0 Å². The van der Waals surface area contributed by atoms with Crippen molar-refractivity contribution in [3.05, 3.63) is 64.0 Å². The van der Waals surface area contributed by atoms with Crippen molar-refractivity contribution in [2.24, 2.45) is 5.92 Å². The number of nitro benzene ring substituents is 1. The van der Waals surface area contributed by atoms with Gasteiger partial charge in [-0.25, -0.2) is 4.39 Å². The molecular weight excluding hydrogens is 341 g/mol. The maximum Gasteiger partial charge on any atom is 0.274 e. The molecular formula is C18H16FN3O4. The van der Waals surface area contributed by atoms with Gasteiger partial charge in [-0.1, -0.05) is 6.07 Å². The van der Waals surface area contributed by atoms with Gasteiger partial charge in [0.25, 0.3) is 5.69 Å². The Hall–Kier alpha value is -3.29. The largest absolute Gasteiger partial charge is 0.325 e. The molecule has 0 radical (unpaired) electrons. The number of anilines is 2. The van der Waals surface area contributed by atoms with Crippen LogP contribution in [0.2, 0.25) is 0 Å². The van der Waals surface area contributed by atoms with Crippen molar-refractivity contribution in [3.8, 4) is 0 Å². The van der Waals surface area contributed by atoms with E-state index < -0.39 is 16.7 Å². The number of nitro groups is 1. The Morgan fingerprint density at radius 3 is 2.62 bits per heavy atom. The fourth-order valence-corrected chi connectivity index (χ4v) is 2.95. The second-order valence-electron chi connectivity index (χ2n) is 6.08. The van der Waals surface area contributed by atoms with Crippen molar-refractivity contribution in [2.45, 2.75) is 13.3 Å². The van der Waals surface area contributed by atoms with Crippen LogP contribution in [0.15, 0.2) is 42.5 Å². The maximum atomic E-state index is 13.0. The van der Waals surface area contributed by atoms with Crippen molar-refractivity contribution in [3.63, 3.8) is 0 Å². The lowest BCUT2D eigenvalue weighted by Crippen LogP contribution is -2.28. The van der Waals surface area contributed by atoms with Gasteiger partial charge in [-0.3, -0.25) is 19.7 Å². The number of carbonyl (C=O) groups is 2. The molecule has 0 unspecified atom stereocenters. The minimum atomic E-state index is -0.591. The average Bonchev–Trinajstić information content (AvgIpc) is 2.99. The number of amides is 2. The van der Waals surface area contributed by atoms with Gasteiger partial charge in [0, 0.05) is 24.7 Å². The van der Waals surface area contributed by atoms with E-state index in [0.29, 0.717) is 16.9 Å². The van der Waals surface area contributed by atoms with E-state index in [2.05, 4.69) is 5.32 Å². The van der Waals surface area contributed by atoms with Crippen LogP contribution in [0.25, 0.3) is 0 Å². The lowest BCUT2D eigenvalue weighted by atomic mass is 10.1. The maximum absolute atomic E-state index is 13.0. The van der Waals surface area contributed by atoms with Crippen LogP contribution in [0.5, 0.6) is 0 Å². The summed E-state index contributed by atoms with van der Waals surface area (Å²) in [7, 11) is 0. The molecule has 1 aliphatic heterocycles. The van der Waals surface area contributed by atoms with Crippen LogP contribution in [-0.4, -0.2) is 23.3 Å². The standard InChI is InChI=1S/C18H16FN3O4/c1-11-15(3-2-4-16(11)22(25)26)20-18(24)12-9-17(23)21(10-12)14-7-5-13(19)6-8-14/h2-8,12H,9-10H2,1H3,(H,20,24)/t12-/m1/s1. The molecule has 26 heavy (non-hydrogen) atoms. The smallest absolute Gasteiger partial charge is 0.274 e. The van der Waals surface area contributed by atoms with E-state index in [9.17, 15) is 24.1 Å². The van der Waals surface area contributed by atoms with Gasteiger partial charge in [0.05, 0.1) is 22.1 Å². The summed E-state index contributed by atoms with van der Waals surface area (Å²) < 4.78 is 13.0. The summed E-state index contributed by atoms with van der Waals surface area (Å²) in [6.45, 7) is 1.72. The van der Waals surface area contributed by atoms with Gasteiger partial charge in [0.15, 0.2) is 0 Å². The van der Waals surface area contributed by atoms with Crippen LogP contribution in [-0.2, 0) is 9.59 Å². The summed E-state index contributed by atoms with van der Waals surface area (Å²) in [6.07, 6.45) is 0.0250. The first kappa shape index (κ1) is 17.5. The summed E-state index contributed by atoms with van der Waals surface area (Å²) in [6, 6.07) is 9.90. The molecule has 0 aliphatic carbocycles. The monoisotopic (exact) mass is 357 g/mol. The van der Waals surface area contributed by atoms with Crippen molar-refractivity contribution < 1.29 is 18.9 Å². The van der Waals surface area contributed by atoms with E-state index in [1.54, 1.807) is 13.0 Å². The molecule has 134 valence electrons. The highest BCUT2D eigenvalue weighted by Gasteiger charge is 2.35. The Kier molecular flexibility index (Phi) is 4.66. The van der Waals surface area contributed by atoms with Crippen molar-refractivity contribution in [2.75, 3.05) is 16.8 Å². The molecule has 3 rings (SSSR count). The van der Waals surface area contributed by atoms with Crippen molar-refractivity contribution in [1.29, 1.82) is 0 Å². The fourth-order valence-electron chi connectivity index (χ4n) is 2.95. The number of hydrogen-bond acceptors (Lipinski definition) is 4. The zero-order chi connectivity index (χ0) is 18.8. The van der Waals surface area contributed by atoms with Crippen molar-refractivity contribution >= 4 is 28.9 Å². The Labute approximate surface area is 148 Å². The SMILES string of the molecule is Cc1c(NC(=O)[C@@H]2CC(=O)N(c3ccc(F)cc3)C2)cccc1[N+](=O)[O-]. The van der Waals surface area contributed by atoms with E-state index in [1.165, 1.54) is 41.3 Å². The highest BCUT2D eigenvalue weighted by atomic mass is 19.1. The van der Waals surface area contributed by atoms with Gasteiger partial charge >= 0.3 is 0 Å². The minimum absolute atomic E-state index is 0.0250. The van der Waals surface area contributed by atoms with Gasteiger partial charge in [-0.05, 0) is 37.3 Å². The number of hydrogen-bond donors (Lipinski definition) is 1. The number of rotatable bonds is 4. The molecule has 2 aromatic rings. The third-order valence-electron chi connectivity index (χ3n) is 4.39. The van der Waals surface area contributed by atoms with Crippen LogP contribution in [0, 0.1) is 28.8 Å². The zero-order valence-corrected chi connectivity index (χ0v) is 13.9. The molecule has 1 aliphatic rings. The first-order chi connectivity index (χ1) is 12.4. The summed E-state index contributed by atoms with van der Waals surface area (Å²) in [5, 5.41) is 13.7. The van der Waals surface area contributed by atoms with E-state index >= 15 is 0 Å². The molecule has 0 spiro atoms. The van der Waals surface area contributed by atoms with Crippen LogP contribution < -0.4 is 10.2 Å². The Morgan fingerprint density at radius 1 is 1.27 bits per heavy atom. The summed E-state index contributed by atoms with van der Waals surface area (Å²) in [5.74, 6) is -1.61. The number of halogens is 1. The Bertz CT molecular complexity index is 883. The van der Waals surface area contributed by atoms with Crippen molar-refractivity contribution in [1.82, 2.24) is 0 Å². The molecule has 0 saturated carbocycles. The minimum Gasteiger partial charge on any atom is -0.325 e. The lowest BCUT2D eigenvalue weighted by Gasteiger charge is -2.17. The van der Waals surface area contributed by atoms with E-state index in [4.69, 9.17) is 0 Å². The normalized spacial score (nSPS) is 16.6. The predicted molar refractivity (Wildman–Crippen MR) is 93.3 cm³/mol. The average molecular weight is 357 g/mol. The third kappa shape index (κ3) is 3.39. The quantitative estimate of drug-likeness (QED) is 0.672. The molecule has 1 atom stereocenters. The number of nitrogens with zero attached hydrogens (tertiary/aromatic N) is 2. The van der Waals surface area contributed by atoms with Crippen LogP contribution in [0.3, 0.4) is 0 Å². The van der Waals surface area contributed by atoms with Crippen LogP contribution in [0.1, 0.15) is 12.0 Å². The van der Waals surface area contributed by atoms with Gasteiger partial charge < -0.3 is 10.2 Å². The summed E-state index contributed by atoms with van der Waals surface area (Å²) in [4.78, 5) is 36.6. The molecule has 7 nitrogen and oxygen atoms in total. The van der Waals surface area contributed by atoms with Crippen LogP contribution in [0.4, 0.5) is 21.5 Å². The molecule has 0 bridgehead atoms. The molecule has 0 aromatic heterocycles. The Morgan fingerprint density at radius 2 is 1.96 bits per heavy atom. The third-order valence-corrected chi connectivity index (χ3v) is 4.39. The highest BCUT2D eigenvalue weighted by Crippen LogP contribution is 2.28. The number of benzene rings is 2. The summed E-state index contributed by atoms with van der Waals surface area (Å²) >= 11 is 0. The lowest BCUT2D eigenvalue weighted by molar-refractivity contribution is -0.385. The fraction of sp³-hybridized carbons (Fsp3) is 0.222. The van der Waals surface area contributed by atoms with Gasteiger partial charge in [0.2, 0.25) is 11.8 Å². The van der Waals surface area contributed by atoms with E-state index in [1.807, 2.05) is 0 Å². The van der Waals surface area contributed by atoms with Gasteiger partial charge in [-0.15, -0.1) is 0 Å². The molecule has 1 N–H and O–H groups in total. The topological polar surface area (TPSA) is 92.6 Å². The first-order valence-electron chi connectivity index (χ1n) is 7.97. The Balaban J connectivity index is 1.74. The predicted octanol–water partition coefficient (Wildman–Crippen LogP) is 3.03. The number of nitrogens with one attached hydrogen (secondary N) is 1. The second-order valence-corrected chi connectivity index (χ2v) is 6.08. The second kappa shape index (κ2) is 6.91. The molecule has 2 aromatic carbocycles. The van der Waals surface area contributed by atoms with Gasteiger partial charge in [0.1, 0.15) is 5.82 Å². The molecule has 1 fully saturated rings. The molecule has 1 heterocycles. The van der Waals surface area contributed by atoms with E-state index in [-0.39, 0.29) is 30.5 Å². The first-order valence-corrected chi connectivity index (χ1v) is 7.97. The highest BCUT2D eigenvalue weighted by molar-refractivity contribution is 6.03. The van der Waals surface area contributed by atoms with Gasteiger partial charge in [-0.2, -0.15) is 0 Å². The number of carbonyl (C=O) groups excluding carboxylic acids is 2. The molecule has 8 heteroatoms. The van der Waals surface area contributed by atoms with E-state index in [0.717, 1.165) is 0 Å². The summed E-state index contributed by atoms with van der Waals surface area (Å²) in [5.41, 5.74) is 1.14. The molecule has 2 amide bonds. The zero-order valence-electron chi connectivity index (χ0n) is 13.9.